The summed E-state index contributed by atoms with van der Waals surface area (Å²) in [6.45, 7) is 7.36. The fourth-order valence-corrected chi connectivity index (χ4v) is 3.80. The molecule has 2 aliphatic rings. The molecule has 2 saturated carbocycles. The number of nitrogens with one attached hydrogen (secondary N) is 1. The SMILES string of the molecule is CCOC(=O)C(CN(C)C1CCCC1)(NC(C)C)C1CC1. The smallest absolute Gasteiger partial charge is 0.327 e. The van der Waals surface area contributed by atoms with Gasteiger partial charge in [0.1, 0.15) is 5.54 Å². The van der Waals surface area contributed by atoms with Crippen LogP contribution in [0.5, 0.6) is 0 Å². The number of hydrogen-bond donors (Lipinski definition) is 1. The lowest BCUT2D eigenvalue weighted by Crippen LogP contribution is -2.63. The average Bonchev–Trinajstić information content (AvgIpc) is 3.13. The van der Waals surface area contributed by atoms with Crippen molar-refractivity contribution in [2.75, 3.05) is 20.2 Å². The van der Waals surface area contributed by atoms with Crippen molar-refractivity contribution >= 4 is 5.97 Å². The molecule has 0 saturated heterocycles. The van der Waals surface area contributed by atoms with Crippen LogP contribution in [0, 0.1) is 5.92 Å². The van der Waals surface area contributed by atoms with Crippen LogP contribution in [0.15, 0.2) is 0 Å². The second kappa shape index (κ2) is 7.10. The van der Waals surface area contributed by atoms with Crippen molar-refractivity contribution in [2.45, 2.75) is 76.9 Å². The van der Waals surface area contributed by atoms with E-state index in [-0.39, 0.29) is 12.0 Å². The zero-order valence-corrected chi connectivity index (χ0v) is 14.2. The van der Waals surface area contributed by atoms with Crippen molar-refractivity contribution < 1.29 is 9.53 Å². The number of hydrogen-bond acceptors (Lipinski definition) is 4. The van der Waals surface area contributed by atoms with Gasteiger partial charge in [0.05, 0.1) is 6.61 Å². The topological polar surface area (TPSA) is 41.6 Å². The van der Waals surface area contributed by atoms with E-state index in [1.165, 1.54) is 25.7 Å². The molecule has 0 radical (unpaired) electrons. The van der Waals surface area contributed by atoms with Crippen LogP contribution in [0.25, 0.3) is 0 Å². The molecule has 4 heteroatoms. The lowest BCUT2D eigenvalue weighted by Gasteiger charge is -2.39. The van der Waals surface area contributed by atoms with Gasteiger partial charge in [-0.15, -0.1) is 0 Å². The molecule has 0 aromatic heterocycles. The molecule has 0 bridgehead atoms. The summed E-state index contributed by atoms with van der Waals surface area (Å²) in [5, 5.41) is 3.58. The fourth-order valence-electron chi connectivity index (χ4n) is 3.80. The molecule has 2 fully saturated rings. The van der Waals surface area contributed by atoms with E-state index in [4.69, 9.17) is 4.74 Å². The minimum Gasteiger partial charge on any atom is -0.465 e. The number of carbonyl (C=O) groups is 1. The first-order valence-electron chi connectivity index (χ1n) is 8.64. The van der Waals surface area contributed by atoms with Gasteiger partial charge in [-0.05, 0) is 59.4 Å². The van der Waals surface area contributed by atoms with Crippen molar-refractivity contribution in [2.24, 2.45) is 5.92 Å². The third-order valence-electron chi connectivity index (χ3n) is 4.91. The Labute approximate surface area is 129 Å². The molecule has 1 atom stereocenters. The van der Waals surface area contributed by atoms with E-state index in [2.05, 4.69) is 31.1 Å². The van der Waals surface area contributed by atoms with E-state index in [0.717, 1.165) is 19.4 Å². The summed E-state index contributed by atoms with van der Waals surface area (Å²) in [6, 6.07) is 0.915. The summed E-state index contributed by atoms with van der Waals surface area (Å²) in [6.07, 6.45) is 7.45. The van der Waals surface area contributed by atoms with Gasteiger partial charge in [-0.25, -0.2) is 4.79 Å². The molecule has 4 nitrogen and oxygen atoms in total. The van der Waals surface area contributed by atoms with Crippen LogP contribution in [-0.2, 0) is 9.53 Å². The Morgan fingerprint density at radius 1 is 1.29 bits per heavy atom. The molecule has 0 heterocycles. The maximum Gasteiger partial charge on any atom is 0.327 e. The molecule has 122 valence electrons. The third-order valence-corrected chi connectivity index (χ3v) is 4.91. The van der Waals surface area contributed by atoms with Gasteiger partial charge in [0, 0.05) is 18.6 Å². The highest BCUT2D eigenvalue weighted by Gasteiger charge is 2.53. The largest absolute Gasteiger partial charge is 0.465 e. The molecular formula is C17H32N2O2. The number of carbonyl (C=O) groups excluding carboxylic acids is 1. The molecule has 21 heavy (non-hydrogen) atoms. The van der Waals surface area contributed by atoms with Crippen LogP contribution >= 0.6 is 0 Å². The van der Waals surface area contributed by atoms with Crippen LogP contribution in [0.1, 0.15) is 59.3 Å². The molecular weight excluding hydrogens is 264 g/mol. The highest BCUT2D eigenvalue weighted by molar-refractivity contribution is 5.82. The summed E-state index contributed by atoms with van der Waals surface area (Å²) >= 11 is 0. The van der Waals surface area contributed by atoms with Crippen LogP contribution < -0.4 is 5.32 Å². The quantitative estimate of drug-likeness (QED) is 0.699. The minimum atomic E-state index is -0.512. The van der Waals surface area contributed by atoms with Crippen molar-refractivity contribution in [1.29, 1.82) is 0 Å². The van der Waals surface area contributed by atoms with Gasteiger partial charge >= 0.3 is 5.97 Å². The second-order valence-corrected chi connectivity index (χ2v) is 7.12. The molecule has 1 unspecified atom stereocenters. The average molecular weight is 296 g/mol. The Balaban J connectivity index is 2.14. The Bertz CT molecular complexity index is 349. The van der Waals surface area contributed by atoms with Gasteiger partial charge in [0.2, 0.25) is 0 Å². The van der Waals surface area contributed by atoms with Crippen LogP contribution in [0.4, 0.5) is 0 Å². The number of esters is 1. The van der Waals surface area contributed by atoms with Gasteiger partial charge in [0.15, 0.2) is 0 Å². The normalized spacial score (nSPS) is 22.8. The molecule has 1 N–H and O–H groups in total. The molecule has 0 aromatic rings. The van der Waals surface area contributed by atoms with E-state index < -0.39 is 5.54 Å². The molecule has 2 aliphatic carbocycles. The lowest BCUT2D eigenvalue weighted by molar-refractivity contribution is -0.154. The summed E-state index contributed by atoms with van der Waals surface area (Å²) < 4.78 is 5.45. The summed E-state index contributed by atoms with van der Waals surface area (Å²) in [4.78, 5) is 15.1. The van der Waals surface area contributed by atoms with E-state index >= 15 is 0 Å². The molecule has 0 amide bonds. The number of ether oxygens (including phenoxy) is 1. The molecule has 0 spiro atoms. The number of likely N-dealkylation sites (N-methyl/N-ethyl adjacent to an activating group) is 1. The maximum absolute atomic E-state index is 12.7. The van der Waals surface area contributed by atoms with E-state index in [9.17, 15) is 4.79 Å². The monoisotopic (exact) mass is 296 g/mol. The Morgan fingerprint density at radius 2 is 1.90 bits per heavy atom. The van der Waals surface area contributed by atoms with Crippen molar-refractivity contribution in [3.05, 3.63) is 0 Å². The Kier molecular flexibility index (Phi) is 5.67. The molecule has 0 aliphatic heterocycles. The zero-order chi connectivity index (χ0) is 15.5. The molecule has 2 rings (SSSR count). The number of nitrogens with zero attached hydrogens (tertiary/aromatic N) is 1. The van der Waals surface area contributed by atoms with Crippen molar-refractivity contribution in [3.8, 4) is 0 Å². The minimum absolute atomic E-state index is 0.0500. The Hall–Kier alpha value is -0.610. The summed E-state index contributed by atoms with van der Waals surface area (Å²) in [5.74, 6) is 0.383. The second-order valence-electron chi connectivity index (χ2n) is 7.12. The first-order chi connectivity index (χ1) is 9.99. The van der Waals surface area contributed by atoms with Gasteiger partial charge in [-0.1, -0.05) is 12.8 Å². The fraction of sp³-hybridized carbons (Fsp3) is 0.941. The third kappa shape index (κ3) is 3.98. The van der Waals surface area contributed by atoms with Crippen LogP contribution in [-0.4, -0.2) is 48.7 Å². The first-order valence-corrected chi connectivity index (χ1v) is 8.64. The van der Waals surface area contributed by atoms with E-state index in [0.29, 0.717) is 18.6 Å². The maximum atomic E-state index is 12.7. The van der Waals surface area contributed by atoms with Gasteiger partial charge < -0.3 is 9.64 Å². The van der Waals surface area contributed by atoms with E-state index in [1.807, 2.05) is 6.92 Å². The Morgan fingerprint density at radius 3 is 2.38 bits per heavy atom. The molecule has 0 aromatic carbocycles. The van der Waals surface area contributed by atoms with Gasteiger partial charge in [-0.3, -0.25) is 5.32 Å². The highest BCUT2D eigenvalue weighted by Crippen LogP contribution is 2.42. The summed E-state index contributed by atoms with van der Waals surface area (Å²) in [7, 11) is 2.17. The lowest BCUT2D eigenvalue weighted by atomic mass is 9.90. The predicted octanol–water partition coefficient (Wildman–Crippen LogP) is 2.57. The predicted molar refractivity (Wildman–Crippen MR) is 85.2 cm³/mol. The highest BCUT2D eigenvalue weighted by atomic mass is 16.5. The number of rotatable bonds is 8. The van der Waals surface area contributed by atoms with Crippen molar-refractivity contribution in [3.63, 3.8) is 0 Å². The standard InChI is InChI=1S/C17H32N2O2/c1-5-21-16(20)17(14-10-11-14,18-13(2)3)12-19(4)15-8-6-7-9-15/h13-15,18H,5-12H2,1-4H3. The van der Waals surface area contributed by atoms with Crippen molar-refractivity contribution in [1.82, 2.24) is 10.2 Å². The summed E-state index contributed by atoms with van der Waals surface area (Å²) in [5.41, 5.74) is -0.512. The van der Waals surface area contributed by atoms with Gasteiger partial charge in [0.25, 0.3) is 0 Å². The first kappa shape index (κ1) is 16.8. The van der Waals surface area contributed by atoms with Gasteiger partial charge in [-0.2, -0.15) is 0 Å². The van der Waals surface area contributed by atoms with E-state index in [1.54, 1.807) is 0 Å². The van der Waals surface area contributed by atoms with Crippen LogP contribution in [0.3, 0.4) is 0 Å². The zero-order valence-electron chi connectivity index (χ0n) is 14.2. The van der Waals surface area contributed by atoms with Crippen LogP contribution in [0.2, 0.25) is 0 Å².